The van der Waals surface area contributed by atoms with Crippen molar-refractivity contribution >= 4 is 35.1 Å². The molecular weight excluding hydrogens is 350 g/mol. The van der Waals surface area contributed by atoms with E-state index in [0.717, 1.165) is 16.0 Å². The summed E-state index contributed by atoms with van der Waals surface area (Å²) >= 11 is 3.36. The molecule has 0 atom stereocenters. The van der Waals surface area contributed by atoms with Gasteiger partial charge < -0.3 is 9.32 Å². The second-order valence-corrected chi connectivity index (χ2v) is 7.42. The molecule has 0 radical (unpaired) electrons. The third kappa shape index (κ3) is 5.11. The number of thioether (sulfide) groups is 1. The molecule has 0 aliphatic rings. The summed E-state index contributed by atoms with van der Waals surface area (Å²) in [4.78, 5) is 16.9. The minimum Gasteiger partial charge on any atom is -0.472 e. The molecule has 0 aliphatic carbocycles. The van der Waals surface area contributed by atoms with Crippen LogP contribution in [-0.2, 0) is 17.9 Å². The summed E-state index contributed by atoms with van der Waals surface area (Å²) in [6.07, 6.45) is 8.86. The first-order chi connectivity index (χ1) is 12.2. The summed E-state index contributed by atoms with van der Waals surface area (Å²) in [5.41, 5.74) is 2.01. The van der Waals surface area contributed by atoms with Crippen LogP contribution in [0.5, 0.6) is 0 Å². The van der Waals surface area contributed by atoms with E-state index in [1.54, 1.807) is 41.7 Å². The SMILES string of the molecule is CSc1ccc(/C=C/C(=O)N(Cc2ccoc2)Cc2cccs2)cc1. The second kappa shape index (κ2) is 8.74. The molecule has 5 heteroatoms. The molecule has 2 heterocycles. The molecule has 0 unspecified atom stereocenters. The molecule has 0 bridgehead atoms. The van der Waals surface area contributed by atoms with E-state index in [4.69, 9.17) is 4.42 Å². The molecule has 25 heavy (non-hydrogen) atoms. The van der Waals surface area contributed by atoms with Crippen LogP contribution in [0, 0.1) is 0 Å². The Labute approximate surface area is 156 Å². The van der Waals surface area contributed by atoms with E-state index in [0.29, 0.717) is 13.1 Å². The van der Waals surface area contributed by atoms with Crippen LogP contribution in [0.25, 0.3) is 6.08 Å². The Kier molecular flexibility index (Phi) is 6.14. The van der Waals surface area contributed by atoms with Gasteiger partial charge in [0.15, 0.2) is 0 Å². The fraction of sp³-hybridized carbons (Fsp3) is 0.150. The Hall–Kier alpha value is -2.24. The Morgan fingerprint density at radius 3 is 2.68 bits per heavy atom. The van der Waals surface area contributed by atoms with Gasteiger partial charge in [-0.15, -0.1) is 23.1 Å². The molecule has 1 amide bonds. The van der Waals surface area contributed by atoms with E-state index in [1.165, 1.54) is 4.90 Å². The van der Waals surface area contributed by atoms with Crippen molar-refractivity contribution < 1.29 is 9.21 Å². The minimum atomic E-state index is -0.0106. The lowest BCUT2D eigenvalue weighted by Crippen LogP contribution is -2.27. The van der Waals surface area contributed by atoms with Crippen LogP contribution in [0.3, 0.4) is 0 Å². The third-order valence-corrected chi connectivity index (χ3v) is 5.33. The van der Waals surface area contributed by atoms with E-state index >= 15 is 0 Å². The molecule has 0 saturated heterocycles. The molecule has 3 rings (SSSR count). The predicted molar refractivity (Wildman–Crippen MR) is 105 cm³/mol. The van der Waals surface area contributed by atoms with Gasteiger partial charge >= 0.3 is 0 Å². The molecule has 0 aliphatic heterocycles. The maximum absolute atomic E-state index is 12.7. The van der Waals surface area contributed by atoms with Gasteiger partial charge in [-0.2, -0.15) is 0 Å². The molecule has 3 aromatic rings. The number of carbonyl (C=O) groups excluding carboxylic acids is 1. The number of hydrogen-bond acceptors (Lipinski definition) is 4. The van der Waals surface area contributed by atoms with Gasteiger partial charge in [0.1, 0.15) is 0 Å². The van der Waals surface area contributed by atoms with Crippen LogP contribution in [0.4, 0.5) is 0 Å². The zero-order chi connectivity index (χ0) is 17.5. The summed E-state index contributed by atoms with van der Waals surface area (Å²) < 4.78 is 5.13. The number of thiophene rings is 1. The number of amides is 1. The van der Waals surface area contributed by atoms with Crippen LogP contribution in [0.15, 0.2) is 75.8 Å². The Balaban J connectivity index is 1.71. The van der Waals surface area contributed by atoms with Crippen LogP contribution in [-0.4, -0.2) is 17.1 Å². The highest BCUT2D eigenvalue weighted by Gasteiger charge is 2.13. The van der Waals surface area contributed by atoms with Crippen molar-refractivity contribution in [1.29, 1.82) is 0 Å². The van der Waals surface area contributed by atoms with E-state index in [-0.39, 0.29) is 5.91 Å². The van der Waals surface area contributed by atoms with E-state index in [2.05, 4.69) is 12.1 Å². The molecule has 2 aromatic heterocycles. The number of furan rings is 1. The largest absolute Gasteiger partial charge is 0.472 e. The van der Waals surface area contributed by atoms with Gasteiger partial charge in [-0.05, 0) is 47.5 Å². The number of nitrogens with zero attached hydrogens (tertiary/aromatic N) is 1. The van der Waals surface area contributed by atoms with E-state index < -0.39 is 0 Å². The molecule has 0 saturated carbocycles. The van der Waals surface area contributed by atoms with Crippen molar-refractivity contribution in [2.45, 2.75) is 18.0 Å². The zero-order valence-electron chi connectivity index (χ0n) is 13.9. The first kappa shape index (κ1) is 17.6. The summed E-state index contributed by atoms with van der Waals surface area (Å²) in [7, 11) is 0. The number of carbonyl (C=O) groups is 1. The predicted octanol–water partition coefficient (Wildman–Crippen LogP) is 5.31. The van der Waals surface area contributed by atoms with Gasteiger partial charge in [0.25, 0.3) is 0 Å². The first-order valence-corrected chi connectivity index (χ1v) is 9.99. The van der Waals surface area contributed by atoms with Gasteiger partial charge in [0, 0.05) is 28.0 Å². The monoisotopic (exact) mass is 369 g/mol. The van der Waals surface area contributed by atoms with Crippen LogP contribution >= 0.6 is 23.1 Å². The zero-order valence-corrected chi connectivity index (χ0v) is 15.6. The average molecular weight is 370 g/mol. The molecule has 1 aromatic carbocycles. The van der Waals surface area contributed by atoms with Crippen molar-refractivity contribution in [2.24, 2.45) is 0 Å². The molecule has 0 fully saturated rings. The van der Waals surface area contributed by atoms with Crippen LogP contribution in [0.2, 0.25) is 0 Å². The average Bonchev–Trinajstić information content (AvgIpc) is 3.33. The second-order valence-electron chi connectivity index (χ2n) is 5.51. The Morgan fingerprint density at radius 1 is 1.20 bits per heavy atom. The lowest BCUT2D eigenvalue weighted by atomic mass is 10.2. The molecule has 3 nitrogen and oxygen atoms in total. The van der Waals surface area contributed by atoms with Crippen LogP contribution in [0.1, 0.15) is 16.0 Å². The number of hydrogen-bond donors (Lipinski definition) is 0. The van der Waals surface area contributed by atoms with Gasteiger partial charge in [-0.3, -0.25) is 4.79 Å². The number of benzene rings is 1. The summed E-state index contributed by atoms with van der Waals surface area (Å²) in [5, 5.41) is 2.03. The fourth-order valence-corrected chi connectivity index (χ4v) is 3.52. The van der Waals surface area contributed by atoms with Gasteiger partial charge in [-0.1, -0.05) is 18.2 Å². The van der Waals surface area contributed by atoms with Crippen molar-refractivity contribution in [3.05, 3.63) is 82.5 Å². The van der Waals surface area contributed by atoms with E-state index in [1.807, 2.05) is 52.9 Å². The maximum Gasteiger partial charge on any atom is 0.247 e. The van der Waals surface area contributed by atoms with Gasteiger partial charge in [-0.25, -0.2) is 0 Å². The van der Waals surface area contributed by atoms with Crippen molar-refractivity contribution in [2.75, 3.05) is 6.26 Å². The first-order valence-electron chi connectivity index (χ1n) is 7.89. The lowest BCUT2D eigenvalue weighted by molar-refractivity contribution is -0.127. The number of rotatable bonds is 7. The Bertz CT molecular complexity index is 770. The maximum atomic E-state index is 12.7. The highest BCUT2D eigenvalue weighted by Crippen LogP contribution is 2.17. The molecular formula is C20H19NO2S2. The third-order valence-electron chi connectivity index (χ3n) is 3.73. The smallest absolute Gasteiger partial charge is 0.247 e. The quantitative estimate of drug-likeness (QED) is 0.418. The Morgan fingerprint density at radius 2 is 2.04 bits per heavy atom. The highest BCUT2D eigenvalue weighted by molar-refractivity contribution is 7.98. The minimum absolute atomic E-state index is 0.0106. The molecule has 0 spiro atoms. The topological polar surface area (TPSA) is 33.5 Å². The van der Waals surface area contributed by atoms with Gasteiger partial charge in [0.2, 0.25) is 5.91 Å². The van der Waals surface area contributed by atoms with Crippen molar-refractivity contribution in [3.63, 3.8) is 0 Å². The summed E-state index contributed by atoms with van der Waals surface area (Å²) in [5.74, 6) is -0.0106. The summed E-state index contributed by atoms with van der Waals surface area (Å²) in [6.45, 7) is 1.13. The van der Waals surface area contributed by atoms with Crippen molar-refractivity contribution in [3.8, 4) is 0 Å². The molecule has 128 valence electrons. The fourth-order valence-electron chi connectivity index (χ4n) is 2.39. The van der Waals surface area contributed by atoms with Crippen molar-refractivity contribution in [1.82, 2.24) is 4.90 Å². The summed E-state index contributed by atoms with van der Waals surface area (Å²) in [6, 6.07) is 14.1. The highest BCUT2D eigenvalue weighted by atomic mass is 32.2. The lowest BCUT2D eigenvalue weighted by Gasteiger charge is -2.19. The molecule has 0 N–H and O–H groups in total. The van der Waals surface area contributed by atoms with Crippen LogP contribution < -0.4 is 0 Å². The van der Waals surface area contributed by atoms with E-state index in [9.17, 15) is 4.79 Å². The van der Waals surface area contributed by atoms with Gasteiger partial charge in [0.05, 0.1) is 19.1 Å². The standard InChI is InChI=1S/C20H19NO2S2/c1-24-18-7-4-16(5-8-18)6-9-20(22)21(13-17-10-11-23-15-17)14-19-3-2-12-25-19/h2-12,15H,13-14H2,1H3/b9-6+. The normalized spacial score (nSPS) is 11.1.